The molecule has 2 rings (SSSR count). The topological polar surface area (TPSA) is 50.1 Å². The second-order valence-electron chi connectivity index (χ2n) is 4.70. The van der Waals surface area contributed by atoms with Crippen LogP contribution in [-0.2, 0) is 20.1 Å². The maximum atomic E-state index is 9.71. The third kappa shape index (κ3) is 2.90. The Morgan fingerprint density at radius 1 is 1.17 bits per heavy atom. The highest BCUT2D eigenvalue weighted by atomic mass is 16.3. The van der Waals surface area contributed by atoms with Crippen LogP contribution in [-0.4, -0.2) is 14.9 Å². The Morgan fingerprint density at radius 2 is 1.78 bits per heavy atom. The van der Waals surface area contributed by atoms with Gasteiger partial charge in [0.25, 0.3) is 0 Å². The van der Waals surface area contributed by atoms with Crippen molar-refractivity contribution >= 4 is 0 Å². The summed E-state index contributed by atoms with van der Waals surface area (Å²) in [4.78, 5) is 0. The number of rotatable bonds is 4. The van der Waals surface area contributed by atoms with Crippen LogP contribution in [0.3, 0.4) is 0 Å². The molecule has 0 aliphatic rings. The van der Waals surface area contributed by atoms with Gasteiger partial charge in [-0.3, -0.25) is 4.68 Å². The van der Waals surface area contributed by atoms with E-state index in [9.17, 15) is 5.11 Å². The highest BCUT2D eigenvalue weighted by Gasteiger charge is 2.03. The first kappa shape index (κ1) is 12.6. The van der Waals surface area contributed by atoms with Crippen molar-refractivity contribution in [1.82, 2.24) is 15.1 Å². The zero-order chi connectivity index (χ0) is 13.1. The molecule has 2 N–H and O–H groups in total. The van der Waals surface area contributed by atoms with Crippen molar-refractivity contribution in [1.29, 1.82) is 0 Å². The lowest BCUT2D eigenvalue weighted by atomic mass is 10.1. The molecule has 1 aromatic carbocycles. The minimum absolute atomic E-state index is 0.394. The molecule has 2 aromatic rings. The number of nitrogens with one attached hydrogen (secondary N) is 1. The van der Waals surface area contributed by atoms with Gasteiger partial charge in [0.2, 0.25) is 0 Å². The smallest absolute Gasteiger partial charge is 0.121 e. The lowest BCUT2D eigenvalue weighted by Crippen LogP contribution is -2.12. The van der Waals surface area contributed by atoms with Crippen LogP contribution in [0.25, 0.3) is 0 Å². The van der Waals surface area contributed by atoms with E-state index in [1.54, 1.807) is 4.68 Å². The third-order valence-corrected chi connectivity index (χ3v) is 2.97. The molecule has 1 aromatic heterocycles. The summed E-state index contributed by atoms with van der Waals surface area (Å²) in [6.07, 6.45) is 3.86. The van der Waals surface area contributed by atoms with E-state index >= 15 is 0 Å². The summed E-state index contributed by atoms with van der Waals surface area (Å²) in [7, 11) is 1.91. The predicted octanol–water partition coefficient (Wildman–Crippen LogP) is 2.03. The van der Waals surface area contributed by atoms with Crippen LogP contribution in [0.1, 0.15) is 22.3 Å². The summed E-state index contributed by atoms with van der Waals surface area (Å²) in [5.41, 5.74) is 4.21. The van der Waals surface area contributed by atoms with E-state index in [1.165, 1.54) is 11.1 Å². The van der Waals surface area contributed by atoms with Crippen LogP contribution in [0, 0.1) is 13.8 Å². The van der Waals surface area contributed by atoms with Gasteiger partial charge in [0.1, 0.15) is 5.75 Å². The molecule has 96 valence electrons. The fourth-order valence-electron chi connectivity index (χ4n) is 2.06. The number of benzene rings is 1. The van der Waals surface area contributed by atoms with Crippen LogP contribution in [0.15, 0.2) is 24.5 Å². The van der Waals surface area contributed by atoms with Gasteiger partial charge >= 0.3 is 0 Å². The van der Waals surface area contributed by atoms with Crippen LogP contribution < -0.4 is 5.32 Å². The van der Waals surface area contributed by atoms with Crippen molar-refractivity contribution in [2.24, 2.45) is 7.05 Å². The summed E-state index contributed by atoms with van der Waals surface area (Å²) < 4.78 is 1.80. The normalized spacial score (nSPS) is 10.8. The van der Waals surface area contributed by atoms with Crippen molar-refractivity contribution in [3.63, 3.8) is 0 Å². The van der Waals surface area contributed by atoms with Gasteiger partial charge < -0.3 is 10.4 Å². The standard InChI is InChI=1S/C14H19N3O/c1-10-4-12(5-11(2)14(10)18)6-15-7-13-8-16-17(3)9-13/h4-5,8-9,15,18H,6-7H2,1-3H3. The quantitative estimate of drug-likeness (QED) is 0.866. The number of nitrogens with zero attached hydrogens (tertiary/aromatic N) is 2. The number of hydrogen-bond donors (Lipinski definition) is 2. The van der Waals surface area contributed by atoms with E-state index in [0.29, 0.717) is 5.75 Å². The maximum absolute atomic E-state index is 9.71. The van der Waals surface area contributed by atoms with E-state index in [2.05, 4.69) is 10.4 Å². The number of phenolic OH excluding ortho intramolecular Hbond substituents is 1. The summed E-state index contributed by atoms with van der Waals surface area (Å²) in [5, 5.41) is 17.2. The van der Waals surface area contributed by atoms with E-state index in [1.807, 2.05) is 45.4 Å². The van der Waals surface area contributed by atoms with Gasteiger partial charge in [-0.15, -0.1) is 0 Å². The Balaban J connectivity index is 1.94. The molecular weight excluding hydrogens is 226 g/mol. The molecule has 0 saturated carbocycles. The van der Waals surface area contributed by atoms with Crippen molar-refractivity contribution < 1.29 is 5.11 Å². The number of aryl methyl sites for hydroxylation is 3. The van der Waals surface area contributed by atoms with Crippen molar-refractivity contribution in [2.45, 2.75) is 26.9 Å². The third-order valence-electron chi connectivity index (χ3n) is 2.97. The molecule has 4 nitrogen and oxygen atoms in total. The molecule has 4 heteroatoms. The monoisotopic (exact) mass is 245 g/mol. The lowest BCUT2D eigenvalue weighted by molar-refractivity contribution is 0.466. The van der Waals surface area contributed by atoms with Crippen LogP contribution in [0.5, 0.6) is 5.75 Å². The van der Waals surface area contributed by atoms with E-state index < -0.39 is 0 Å². The average Bonchev–Trinajstić information content (AvgIpc) is 2.72. The van der Waals surface area contributed by atoms with Crippen molar-refractivity contribution in [3.8, 4) is 5.75 Å². The minimum Gasteiger partial charge on any atom is -0.507 e. The molecule has 0 radical (unpaired) electrons. The molecule has 1 heterocycles. The van der Waals surface area contributed by atoms with Gasteiger partial charge in [-0.25, -0.2) is 0 Å². The molecule has 0 spiro atoms. The Labute approximate surface area is 107 Å². The Morgan fingerprint density at radius 3 is 2.33 bits per heavy atom. The minimum atomic E-state index is 0.394. The molecule has 0 aliphatic heterocycles. The number of aromatic nitrogens is 2. The summed E-state index contributed by atoms with van der Waals surface area (Å²) in [6.45, 7) is 5.43. The van der Waals surface area contributed by atoms with Crippen molar-refractivity contribution in [2.75, 3.05) is 0 Å². The molecule has 0 fully saturated rings. The number of phenols is 1. The lowest BCUT2D eigenvalue weighted by Gasteiger charge is -2.08. The fraction of sp³-hybridized carbons (Fsp3) is 0.357. The maximum Gasteiger partial charge on any atom is 0.121 e. The van der Waals surface area contributed by atoms with Crippen LogP contribution in [0.2, 0.25) is 0 Å². The largest absolute Gasteiger partial charge is 0.507 e. The number of hydrogen-bond acceptors (Lipinski definition) is 3. The zero-order valence-electron chi connectivity index (χ0n) is 11.1. The molecule has 18 heavy (non-hydrogen) atoms. The van der Waals surface area contributed by atoms with E-state index in [0.717, 1.165) is 24.2 Å². The summed E-state index contributed by atoms with van der Waals surface area (Å²) >= 11 is 0. The van der Waals surface area contributed by atoms with E-state index in [4.69, 9.17) is 0 Å². The van der Waals surface area contributed by atoms with Crippen LogP contribution in [0.4, 0.5) is 0 Å². The fourth-order valence-corrected chi connectivity index (χ4v) is 2.06. The molecule has 0 bridgehead atoms. The molecule has 0 unspecified atom stereocenters. The Hall–Kier alpha value is -1.81. The SMILES string of the molecule is Cc1cc(CNCc2cnn(C)c2)cc(C)c1O. The molecular formula is C14H19N3O. The van der Waals surface area contributed by atoms with Gasteiger partial charge in [-0.2, -0.15) is 5.10 Å². The Bertz CT molecular complexity index is 523. The van der Waals surface area contributed by atoms with Crippen LogP contribution >= 0.6 is 0 Å². The first-order valence-electron chi connectivity index (χ1n) is 6.03. The first-order chi connectivity index (χ1) is 8.56. The molecule has 0 amide bonds. The van der Waals surface area contributed by atoms with Gasteiger partial charge in [0.15, 0.2) is 0 Å². The van der Waals surface area contributed by atoms with Gasteiger partial charge in [-0.05, 0) is 30.5 Å². The van der Waals surface area contributed by atoms with Gasteiger partial charge in [0.05, 0.1) is 6.20 Å². The highest BCUT2D eigenvalue weighted by molar-refractivity contribution is 5.42. The van der Waals surface area contributed by atoms with Gasteiger partial charge in [0, 0.05) is 31.9 Å². The zero-order valence-corrected chi connectivity index (χ0v) is 11.1. The summed E-state index contributed by atoms with van der Waals surface area (Å²) in [6, 6.07) is 4.02. The Kier molecular flexibility index (Phi) is 3.67. The van der Waals surface area contributed by atoms with E-state index in [-0.39, 0.29) is 0 Å². The van der Waals surface area contributed by atoms with Crippen molar-refractivity contribution in [3.05, 3.63) is 46.8 Å². The molecule has 0 aliphatic carbocycles. The second-order valence-corrected chi connectivity index (χ2v) is 4.70. The summed E-state index contributed by atoms with van der Waals surface area (Å²) in [5.74, 6) is 0.394. The van der Waals surface area contributed by atoms with Gasteiger partial charge in [-0.1, -0.05) is 12.1 Å². The molecule has 0 saturated heterocycles. The molecule has 0 atom stereocenters. The predicted molar refractivity (Wildman–Crippen MR) is 71.3 cm³/mol. The first-order valence-corrected chi connectivity index (χ1v) is 6.03. The highest BCUT2D eigenvalue weighted by Crippen LogP contribution is 2.22. The average molecular weight is 245 g/mol. The second kappa shape index (κ2) is 5.23. The number of aromatic hydroxyl groups is 1.